The minimum Gasteiger partial charge on any atom is -0.378 e. The molecule has 2 N–H and O–H groups in total. The van der Waals surface area contributed by atoms with E-state index >= 15 is 0 Å². The molecule has 2 atom stereocenters. The number of hydrogen-bond donors (Lipinski definition) is 2. The standard InChI is InChI=1S/C8H14Cl2N2O2/c1-8(9,10)7(13)12-5-3-11-4-6(5)14-2/h5-6,11H,3-4H2,1-2H3,(H,12,13)/t5-,6-/m0/s1. The SMILES string of the molecule is CO[C@H]1CNC[C@@H]1NC(=O)C(C)(Cl)Cl. The van der Waals surface area contributed by atoms with E-state index in [1.165, 1.54) is 6.92 Å². The first kappa shape index (κ1) is 12.0. The third kappa shape index (κ3) is 2.98. The van der Waals surface area contributed by atoms with Crippen LogP contribution in [-0.4, -0.2) is 42.6 Å². The fourth-order valence-electron chi connectivity index (χ4n) is 1.34. The summed E-state index contributed by atoms with van der Waals surface area (Å²) in [6.45, 7) is 2.84. The first-order valence-corrected chi connectivity index (χ1v) is 5.13. The largest absolute Gasteiger partial charge is 0.378 e. The van der Waals surface area contributed by atoms with Crippen LogP contribution in [-0.2, 0) is 9.53 Å². The lowest BCUT2D eigenvalue weighted by Gasteiger charge is -2.21. The Balaban J connectivity index is 2.48. The molecule has 0 aromatic carbocycles. The Morgan fingerprint density at radius 3 is 2.71 bits per heavy atom. The zero-order chi connectivity index (χ0) is 10.8. The van der Waals surface area contributed by atoms with Crippen LogP contribution in [0.4, 0.5) is 0 Å². The van der Waals surface area contributed by atoms with E-state index in [0.717, 1.165) is 6.54 Å². The molecular formula is C8H14Cl2N2O2. The highest BCUT2D eigenvalue weighted by Gasteiger charge is 2.34. The number of carbonyl (C=O) groups excluding carboxylic acids is 1. The molecule has 0 spiro atoms. The van der Waals surface area contributed by atoms with Gasteiger partial charge in [-0.05, 0) is 6.92 Å². The average molecular weight is 241 g/mol. The second-order valence-electron chi connectivity index (χ2n) is 3.40. The zero-order valence-electron chi connectivity index (χ0n) is 8.14. The Morgan fingerprint density at radius 1 is 1.57 bits per heavy atom. The summed E-state index contributed by atoms with van der Waals surface area (Å²) >= 11 is 11.3. The van der Waals surface area contributed by atoms with E-state index in [2.05, 4.69) is 10.6 Å². The van der Waals surface area contributed by atoms with Crippen LogP contribution in [0.1, 0.15) is 6.92 Å². The van der Waals surface area contributed by atoms with E-state index in [1.54, 1.807) is 7.11 Å². The summed E-state index contributed by atoms with van der Waals surface area (Å²) in [5, 5.41) is 5.83. The number of rotatable bonds is 3. The van der Waals surface area contributed by atoms with Crippen LogP contribution >= 0.6 is 23.2 Å². The summed E-state index contributed by atoms with van der Waals surface area (Å²) < 4.78 is 3.79. The first-order chi connectivity index (χ1) is 6.45. The molecule has 1 heterocycles. The fourth-order valence-corrected chi connectivity index (χ4v) is 1.45. The van der Waals surface area contributed by atoms with Crippen molar-refractivity contribution in [2.45, 2.75) is 23.4 Å². The number of ether oxygens (including phenoxy) is 1. The van der Waals surface area contributed by atoms with Gasteiger partial charge in [0.15, 0.2) is 4.33 Å². The Kier molecular flexibility index (Phi) is 4.01. The van der Waals surface area contributed by atoms with Gasteiger partial charge in [-0.25, -0.2) is 0 Å². The van der Waals surface area contributed by atoms with Crippen molar-refractivity contribution in [3.8, 4) is 0 Å². The molecular weight excluding hydrogens is 227 g/mol. The van der Waals surface area contributed by atoms with Crippen molar-refractivity contribution in [1.29, 1.82) is 0 Å². The van der Waals surface area contributed by atoms with Gasteiger partial charge >= 0.3 is 0 Å². The van der Waals surface area contributed by atoms with Gasteiger partial charge in [-0.3, -0.25) is 4.79 Å². The molecule has 0 aliphatic carbocycles. The predicted molar refractivity (Wildman–Crippen MR) is 55.7 cm³/mol. The molecule has 1 rings (SSSR count). The van der Waals surface area contributed by atoms with Gasteiger partial charge in [-0.15, -0.1) is 0 Å². The van der Waals surface area contributed by atoms with Crippen LogP contribution in [0.3, 0.4) is 0 Å². The van der Waals surface area contributed by atoms with E-state index in [-0.39, 0.29) is 12.1 Å². The predicted octanol–water partition coefficient (Wildman–Crippen LogP) is 0.283. The Bertz CT molecular complexity index is 218. The van der Waals surface area contributed by atoms with Crippen molar-refractivity contribution in [2.75, 3.05) is 20.2 Å². The maximum Gasteiger partial charge on any atom is 0.256 e. The van der Waals surface area contributed by atoms with Crippen molar-refractivity contribution in [2.24, 2.45) is 0 Å². The third-order valence-electron chi connectivity index (χ3n) is 2.18. The van der Waals surface area contributed by atoms with Crippen molar-refractivity contribution in [3.05, 3.63) is 0 Å². The number of nitrogens with one attached hydrogen (secondary N) is 2. The van der Waals surface area contributed by atoms with E-state index < -0.39 is 10.2 Å². The maximum atomic E-state index is 11.4. The van der Waals surface area contributed by atoms with Gasteiger partial charge in [0.05, 0.1) is 12.1 Å². The molecule has 0 aromatic rings. The molecule has 0 radical (unpaired) electrons. The summed E-state index contributed by atoms with van der Waals surface area (Å²) in [6.07, 6.45) is -0.0189. The molecule has 1 amide bonds. The second-order valence-corrected chi connectivity index (χ2v) is 5.11. The number of halogens is 2. The lowest BCUT2D eigenvalue weighted by atomic mass is 10.2. The normalized spacial score (nSPS) is 27.7. The summed E-state index contributed by atoms with van der Waals surface area (Å²) in [4.78, 5) is 11.4. The van der Waals surface area contributed by atoms with Crippen LogP contribution in [0, 0.1) is 0 Å². The monoisotopic (exact) mass is 240 g/mol. The van der Waals surface area contributed by atoms with Crippen molar-refractivity contribution >= 4 is 29.1 Å². The molecule has 1 aliphatic rings. The van der Waals surface area contributed by atoms with Gasteiger partial charge in [0.2, 0.25) is 0 Å². The molecule has 6 heteroatoms. The summed E-state index contributed by atoms with van der Waals surface area (Å²) in [6, 6.07) is -0.0654. The molecule has 0 saturated carbocycles. The topological polar surface area (TPSA) is 50.4 Å². The van der Waals surface area contributed by atoms with E-state index in [4.69, 9.17) is 27.9 Å². The van der Waals surface area contributed by atoms with E-state index in [0.29, 0.717) is 6.54 Å². The smallest absolute Gasteiger partial charge is 0.256 e. The number of carbonyl (C=O) groups is 1. The van der Waals surface area contributed by atoms with Crippen LogP contribution in [0.15, 0.2) is 0 Å². The number of alkyl halides is 2. The van der Waals surface area contributed by atoms with E-state index in [1.807, 2.05) is 0 Å². The third-order valence-corrected chi connectivity index (χ3v) is 2.52. The van der Waals surface area contributed by atoms with Crippen molar-refractivity contribution in [1.82, 2.24) is 10.6 Å². The Morgan fingerprint density at radius 2 is 2.21 bits per heavy atom. The van der Waals surface area contributed by atoms with Gasteiger partial charge in [-0.1, -0.05) is 23.2 Å². The van der Waals surface area contributed by atoms with Crippen LogP contribution in [0.2, 0.25) is 0 Å². The highest BCUT2D eigenvalue weighted by Crippen LogP contribution is 2.20. The molecule has 0 bridgehead atoms. The first-order valence-electron chi connectivity index (χ1n) is 4.37. The summed E-state index contributed by atoms with van der Waals surface area (Å²) in [7, 11) is 1.61. The van der Waals surface area contributed by atoms with Crippen LogP contribution in [0.5, 0.6) is 0 Å². The second kappa shape index (κ2) is 4.66. The van der Waals surface area contributed by atoms with Crippen LogP contribution < -0.4 is 10.6 Å². The summed E-state index contributed by atoms with van der Waals surface area (Å²) in [5.41, 5.74) is 0. The Labute approximate surface area is 93.3 Å². The Hall–Kier alpha value is -0.0300. The number of hydrogen-bond acceptors (Lipinski definition) is 3. The molecule has 1 aliphatic heterocycles. The quantitative estimate of drug-likeness (QED) is 0.698. The molecule has 14 heavy (non-hydrogen) atoms. The van der Waals surface area contributed by atoms with Crippen molar-refractivity contribution in [3.63, 3.8) is 0 Å². The van der Waals surface area contributed by atoms with Gasteiger partial charge in [-0.2, -0.15) is 0 Å². The zero-order valence-corrected chi connectivity index (χ0v) is 9.65. The van der Waals surface area contributed by atoms with Gasteiger partial charge < -0.3 is 15.4 Å². The van der Waals surface area contributed by atoms with Gasteiger partial charge in [0, 0.05) is 20.2 Å². The molecule has 4 nitrogen and oxygen atoms in total. The molecule has 1 saturated heterocycles. The van der Waals surface area contributed by atoms with E-state index in [9.17, 15) is 4.79 Å². The minimum absolute atomic E-state index is 0.0189. The fraction of sp³-hybridized carbons (Fsp3) is 0.875. The highest BCUT2D eigenvalue weighted by molar-refractivity contribution is 6.57. The van der Waals surface area contributed by atoms with Crippen molar-refractivity contribution < 1.29 is 9.53 Å². The van der Waals surface area contributed by atoms with Gasteiger partial charge in [0.1, 0.15) is 0 Å². The highest BCUT2D eigenvalue weighted by atomic mass is 35.5. The lowest BCUT2D eigenvalue weighted by molar-refractivity contribution is -0.122. The molecule has 82 valence electrons. The van der Waals surface area contributed by atoms with Gasteiger partial charge in [0.25, 0.3) is 5.91 Å². The lowest BCUT2D eigenvalue weighted by Crippen LogP contribution is -2.48. The maximum absolute atomic E-state index is 11.4. The summed E-state index contributed by atoms with van der Waals surface area (Å²) in [5.74, 6) is -0.392. The number of methoxy groups -OCH3 is 1. The molecule has 0 aromatic heterocycles. The minimum atomic E-state index is -1.39. The number of amides is 1. The average Bonchev–Trinajstić information content (AvgIpc) is 2.50. The molecule has 0 unspecified atom stereocenters. The van der Waals surface area contributed by atoms with Crippen LogP contribution in [0.25, 0.3) is 0 Å². The molecule has 1 fully saturated rings.